The molecule has 0 bridgehead atoms. The highest BCUT2D eigenvalue weighted by Crippen LogP contribution is 2.21. The van der Waals surface area contributed by atoms with E-state index in [4.69, 9.17) is 0 Å². The summed E-state index contributed by atoms with van der Waals surface area (Å²) in [5, 5.41) is 0.836. The molecule has 0 aliphatic rings. The van der Waals surface area contributed by atoms with Crippen LogP contribution in [-0.4, -0.2) is 19.5 Å². The Morgan fingerprint density at radius 3 is 2.68 bits per heavy atom. The van der Waals surface area contributed by atoms with Crippen molar-refractivity contribution in [2.75, 3.05) is 0 Å². The van der Waals surface area contributed by atoms with Crippen LogP contribution in [0.25, 0.3) is 22.4 Å². The molecular weight excluding hydrogens is 240 g/mol. The van der Waals surface area contributed by atoms with Crippen LogP contribution in [0.3, 0.4) is 0 Å². The smallest absolute Gasteiger partial charge is 0.276 e. The van der Waals surface area contributed by atoms with Crippen molar-refractivity contribution in [2.45, 2.75) is 13.5 Å². The van der Waals surface area contributed by atoms with Crippen molar-refractivity contribution >= 4 is 11.0 Å². The minimum absolute atomic E-state index is 0.297. The first-order valence-electron chi connectivity index (χ1n) is 6.08. The molecule has 0 atom stereocenters. The third-order valence-electron chi connectivity index (χ3n) is 2.96. The molecule has 0 aliphatic heterocycles. The zero-order valence-electron chi connectivity index (χ0n) is 10.4. The second kappa shape index (κ2) is 4.61. The van der Waals surface area contributed by atoms with Crippen molar-refractivity contribution in [2.24, 2.45) is 0 Å². The molecule has 3 heterocycles. The summed E-state index contributed by atoms with van der Waals surface area (Å²) in [4.78, 5) is 24.7. The van der Waals surface area contributed by atoms with E-state index in [2.05, 4.69) is 15.0 Å². The van der Waals surface area contributed by atoms with E-state index < -0.39 is 0 Å². The molecule has 0 amide bonds. The summed E-state index contributed by atoms with van der Waals surface area (Å²) in [7, 11) is 0. The van der Waals surface area contributed by atoms with Gasteiger partial charge in [-0.3, -0.25) is 9.55 Å². The fraction of sp³-hybridized carbons (Fsp3) is 0.143. The third kappa shape index (κ3) is 1.89. The van der Waals surface area contributed by atoms with Gasteiger partial charge in [-0.2, -0.15) is 4.98 Å². The lowest BCUT2D eigenvalue weighted by molar-refractivity contribution is 0.723. The molecule has 0 N–H and O–H groups in total. The highest BCUT2D eigenvalue weighted by molar-refractivity contribution is 5.88. The van der Waals surface area contributed by atoms with E-state index in [0.717, 1.165) is 5.39 Å². The predicted molar refractivity (Wildman–Crippen MR) is 72.7 cm³/mol. The monoisotopic (exact) mass is 252 g/mol. The average Bonchev–Trinajstić information content (AvgIpc) is 2.47. The number of rotatable bonds is 2. The van der Waals surface area contributed by atoms with Crippen LogP contribution in [-0.2, 0) is 6.54 Å². The Morgan fingerprint density at radius 2 is 1.95 bits per heavy atom. The third-order valence-corrected chi connectivity index (χ3v) is 2.96. The van der Waals surface area contributed by atoms with Gasteiger partial charge in [0.15, 0.2) is 0 Å². The fourth-order valence-electron chi connectivity index (χ4n) is 2.09. The Kier molecular flexibility index (Phi) is 2.79. The zero-order valence-corrected chi connectivity index (χ0v) is 10.4. The second-order valence-electron chi connectivity index (χ2n) is 4.08. The lowest BCUT2D eigenvalue weighted by Crippen LogP contribution is -2.24. The Bertz CT molecular complexity index is 780. The number of fused-ring (bicyclic) bond motifs is 1. The molecule has 0 saturated heterocycles. The molecule has 0 fully saturated rings. The van der Waals surface area contributed by atoms with Crippen molar-refractivity contribution < 1.29 is 0 Å². The van der Waals surface area contributed by atoms with Gasteiger partial charge in [-0.15, -0.1) is 0 Å². The minimum atomic E-state index is -0.297. The van der Waals surface area contributed by atoms with Gasteiger partial charge in [0, 0.05) is 24.3 Å². The molecule has 19 heavy (non-hydrogen) atoms. The Morgan fingerprint density at radius 1 is 1.11 bits per heavy atom. The second-order valence-corrected chi connectivity index (χ2v) is 4.08. The molecule has 3 aromatic rings. The maximum absolute atomic E-state index is 12.0. The number of nitrogens with zero attached hydrogens (tertiary/aromatic N) is 4. The number of aromatic nitrogens is 4. The summed E-state index contributed by atoms with van der Waals surface area (Å²) in [5.74, 6) is 0. The molecule has 0 unspecified atom stereocenters. The molecule has 0 aromatic carbocycles. The highest BCUT2D eigenvalue weighted by Gasteiger charge is 2.12. The van der Waals surface area contributed by atoms with Crippen LogP contribution < -0.4 is 5.69 Å². The van der Waals surface area contributed by atoms with Crippen LogP contribution in [0.1, 0.15) is 6.92 Å². The number of hydrogen-bond acceptors (Lipinski definition) is 4. The topological polar surface area (TPSA) is 60.7 Å². The number of pyridine rings is 2. The first-order valence-corrected chi connectivity index (χ1v) is 6.08. The largest absolute Gasteiger partial charge is 0.349 e. The molecule has 0 radical (unpaired) electrons. The molecule has 3 rings (SSSR count). The summed E-state index contributed by atoms with van der Waals surface area (Å²) in [6, 6.07) is 9.28. The van der Waals surface area contributed by atoms with Crippen molar-refractivity contribution in [3.63, 3.8) is 0 Å². The maximum atomic E-state index is 12.0. The molecule has 0 spiro atoms. The first-order chi connectivity index (χ1) is 9.31. The van der Waals surface area contributed by atoms with Gasteiger partial charge in [-0.05, 0) is 31.2 Å². The van der Waals surface area contributed by atoms with Crippen LogP contribution in [0.4, 0.5) is 0 Å². The SMILES string of the molecule is CCn1c(=O)nc(-c2ccccn2)c2cccnc21. The van der Waals surface area contributed by atoms with Crippen molar-refractivity contribution in [3.8, 4) is 11.4 Å². The molecular formula is C14H12N4O. The Balaban J connectivity index is 2.42. The summed E-state index contributed by atoms with van der Waals surface area (Å²) in [6.07, 6.45) is 3.36. The number of aryl methyl sites for hydroxylation is 1. The maximum Gasteiger partial charge on any atom is 0.349 e. The van der Waals surface area contributed by atoms with E-state index in [1.807, 2.05) is 37.3 Å². The zero-order chi connectivity index (χ0) is 13.2. The molecule has 5 nitrogen and oxygen atoms in total. The van der Waals surface area contributed by atoms with Crippen molar-refractivity contribution in [1.29, 1.82) is 0 Å². The Hall–Kier alpha value is -2.56. The lowest BCUT2D eigenvalue weighted by Gasteiger charge is -2.09. The van der Waals surface area contributed by atoms with E-state index in [0.29, 0.717) is 23.6 Å². The summed E-state index contributed by atoms with van der Waals surface area (Å²) in [6.45, 7) is 2.44. The average molecular weight is 252 g/mol. The molecule has 94 valence electrons. The van der Waals surface area contributed by atoms with Gasteiger partial charge in [-0.1, -0.05) is 6.07 Å². The van der Waals surface area contributed by atoms with Crippen LogP contribution >= 0.6 is 0 Å². The normalized spacial score (nSPS) is 10.8. The standard InChI is InChI=1S/C14H12N4O/c1-2-18-13-10(6-5-9-16-13)12(17-14(18)19)11-7-3-4-8-15-11/h3-9H,2H2,1H3. The molecule has 0 saturated carbocycles. The van der Waals surface area contributed by atoms with Crippen LogP contribution in [0.2, 0.25) is 0 Å². The van der Waals surface area contributed by atoms with Crippen LogP contribution in [0, 0.1) is 0 Å². The van der Waals surface area contributed by atoms with E-state index in [-0.39, 0.29) is 5.69 Å². The van der Waals surface area contributed by atoms with Crippen molar-refractivity contribution in [1.82, 2.24) is 19.5 Å². The Labute approximate surface area is 109 Å². The lowest BCUT2D eigenvalue weighted by atomic mass is 10.2. The summed E-state index contributed by atoms with van der Waals surface area (Å²) < 4.78 is 1.56. The van der Waals surface area contributed by atoms with Gasteiger partial charge in [0.1, 0.15) is 11.3 Å². The minimum Gasteiger partial charge on any atom is -0.276 e. The van der Waals surface area contributed by atoms with Gasteiger partial charge in [0.05, 0.1) is 5.69 Å². The predicted octanol–water partition coefficient (Wildman–Crippen LogP) is 1.87. The highest BCUT2D eigenvalue weighted by atomic mass is 16.1. The van der Waals surface area contributed by atoms with Crippen molar-refractivity contribution in [3.05, 3.63) is 53.2 Å². The van der Waals surface area contributed by atoms with E-state index in [1.165, 1.54) is 0 Å². The first kappa shape index (κ1) is 11.5. The quantitative estimate of drug-likeness (QED) is 0.698. The molecule has 3 aromatic heterocycles. The summed E-state index contributed by atoms with van der Waals surface area (Å²) >= 11 is 0. The van der Waals surface area contributed by atoms with Gasteiger partial charge in [0.2, 0.25) is 0 Å². The van der Waals surface area contributed by atoms with E-state index >= 15 is 0 Å². The van der Waals surface area contributed by atoms with Crippen LogP contribution in [0.5, 0.6) is 0 Å². The van der Waals surface area contributed by atoms with Gasteiger partial charge < -0.3 is 0 Å². The summed E-state index contributed by atoms with van der Waals surface area (Å²) in [5.41, 5.74) is 1.61. The van der Waals surface area contributed by atoms with E-state index in [1.54, 1.807) is 17.0 Å². The molecule has 0 aliphatic carbocycles. The number of hydrogen-bond donors (Lipinski definition) is 0. The molecule has 5 heteroatoms. The fourth-order valence-corrected chi connectivity index (χ4v) is 2.09. The van der Waals surface area contributed by atoms with Gasteiger partial charge >= 0.3 is 5.69 Å². The van der Waals surface area contributed by atoms with Gasteiger partial charge in [-0.25, -0.2) is 9.78 Å². The van der Waals surface area contributed by atoms with E-state index in [9.17, 15) is 4.79 Å². The van der Waals surface area contributed by atoms with Crippen LogP contribution in [0.15, 0.2) is 47.5 Å². The van der Waals surface area contributed by atoms with Gasteiger partial charge in [0.25, 0.3) is 0 Å².